The van der Waals surface area contributed by atoms with Gasteiger partial charge in [-0.1, -0.05) is 0 Å². The lowest BCUT2D eigenvalue weighted by Gasteiger charge is -2.46. The van der Waals surface area contributed by atoms with E-state index in [1.165, 1.54) is 71.4 Å². The molecule has 4 nitrogen and oxygen atoms in total. The number of ether oxygens (including phenoxy) is 1. The molecular weight excluding hydrogens is 250 g/mol. The SMILES string of the molecule is CN1CCCN(C[C@@H]2CCCOC2)CC12CCNCC2. The van der Waals surface area contributed by atoms with Gasteiger partial charge >= 0.3 is 0 Å². The fraction of sp³-hybridized carbons (Fsp3) is 1.00. The van der Waals surface area contributed by atoms with Crippen LogP contribution in [0, 0.1) is 5.92 Å². The van der Waals surface area contributed by atoms with E-state index in [0.29, 0.717) is 5.54 Å². The first kappa shape index (κ1) is 14.8. The molecule has 3 fully saturated rings. The number of hydrogen-bond acceptors (Lipinski definition) is 4. The summed E-state index contributed by atoms with van der Waals surface area (Å²) in [6.07, 6.45) is 6.55. The van der Waals surface area contributed by atoms with Crippen molar-refractivity contribution in [3.63, 3.8) is 0 Å². The normalized spacial score (nSPS) is 33.1. The molecule has 3 aliphatic heterocycles. The van der Waals surface area contributed by atoms with Crippen LogP contribution in [0.4, 0.5) is 0 Å². The van der Waals surface area contributed by atoms with Gasteiger partial charge in [0.05, 0.1) is 6.61 Å². The van der Waals surface area contributed by atoms with E-state index in [-0.39, 0.29) is 0 Å². The summed E-state index contributed by atoms with van der Waals surface area (Å²) in [5, 5.41) is 3.53. The molecule has 3 rings (SSSR count). The van der Waals surface area contributed by atoms with Crippen LogP contribution in [-0.4, -0.2) is 74.9 Å². The molecule has 116 valence electrons. The number of likely N-dealkylation sites (N-methyl/N-ethyl adjacent to an activating group) is 1. The zero-order valence-corrected chi connectivity index (χ0v) is 13.1. The van der Waals surface area contributed by atoms with Crippen LogP contribution in [0.5, 0.6) is 0 Å². The monoisotopic (exact) mass is 281 g/mol. The predicted octanol–water partition coefficient (Wildman–Crippen LogP) is 1.17. The van der Waals surface area contributed by atoms with Gasteiger partial charge in [0, 0.05) is 25.2 Å². The second-order valence-corrected chi connectivity index (χ2v) is 7.07. The molecule has 3 heterocycles. The Morgan fingerprint density at radius 1 is 1.20 bits per heavy atom. The lowest BCUT2D eigenvalue weighted by molar-refractivity contribution is 0.0234. The van der Waals surface area contributed by atoms with Crippen LogP contribution in [0.3, 0.4) is 0 Å². The Morgan fingerprint density at radius 3 is 2.80 bits per heavy atom. The summed E-state index contributed by atoms with van der Waals surface area (Å²) >= 11 is 0. The van der Waals surface area contributed by atoms with Crippen LogP contribution >= 0.6 is 0 Å². The summed E-state index contributed by atoms with van der Waals surface area (Å²) in [6.45, 7) is 9.39. The van der Waals surface area contributed by atoms with Gasteiger partial charge in [0.2, 0.25) is 0 Å². The number of piperidine rings is 1. The Morgan fingerprint density at radius 2 is 2.05 bits per heavy atom. The lowest BCUT2D eigenvalue weighted by atomic mass is 9.86. The summed E-state index contributed by atoms with van der Waals surface area (Å²) in [4.78, 5) is 5.40. The third-order valence-corrected chi connectivity index (χ3v) is 5.60. The summed E-state index contributed by atoms with van der Waals surface area (Å²) in [5.41, 5.74) is 0.428. The van der Waals surface area contributed by atoms with Crippen molar-refractivity contribution in [3.05, 3.63) is 0 Å². The predicted molar refractivity (Wildman–Crippen MR) is 82.1 cm³/mol. The molecule has 0 aromatic carbocycles. The average Bonchev–Trinajstić information content (AvgIpc) is 2.62. The fourth-order valence-corrected chi connectivity index (χ4v) is 4.29. The zero-order chi connectivity index (χ0) is 13.8. The quantitative estimate of drug-likeness (QED) is 0.822. The largest absolute Gasteiger partial charge is 0.381 e. The highest BCUT2D eigenvalue weighted by Gasteiger charge is 2.39. The van der Waals surface area contributed by atoms with Gasteiger partial charge < -0.3 is 15.0 Å². The maximum Gasteiger partial charge on any atom is 0.0506 e. The van der Waals surface area contributed by atoms with E-state index >= 15 is 0 Å². The number of rotatable bonds is 2. The van der Waals surface area contributed by atoms with E-state index in [9.17, 15) is 0 Å². The summed E-state index contributed by atoms with van der Waals surface area (Å²) in [7, 11) is 2.35. The van der Waals surface area contributed by atoms with Crippen LogP contribution in [0.2, 0.25) is 0 Å². The second-order valence-electron chi connectivity index (χ2n) is 7.07. The molecule has 0 amide bonds. The summed E-state index contributed by atoms with van der Waals surface area (Å²) in [5.74, 6) is 0.769. The van der Waals surface area contributed by atoms with Gasteiger partial charge in [-0.3, -0.25) is 4.90 Å². The van der Waals surface area contributed by atoms with Gasteiger partial charge in [0.15, 0.2) is 0 Å². The molecule has 1 atom stereocenters. The van der Waals surface area contributed by atoms with E-state index < -0.39 is 0 Å². The Balaban J connectivity index is 1.62. The van der Waals surface area contributed by atoms with Crippen molar-refractivity contribution in [2.75, 3.05) is 59.5 Å². The van der Waals surface area contributed by atoms with Crippen molar-refractivity contribution < 1.29 is 4.74 Å². The minimum absolute atomic E-state index is 0.428. The van der Waals surface area contributed by atoms with Gasteiger partial charge in [-0.2, -0.15) is 0 Å². The van der Waals surface area contributed by atoms with Crippen LogP contribution in [0.1, 0.15) is 32.1 Å². The van der Waals surface area contributed by atoms with Crippen molar-refractivity contribution >= 4 is 0 Å². The number of nitrogens with one attached hydrogen (secondary N) is 1. The first-order chi connectivity index (χ1) is 9.78. The van der Waals surface area contributed by atoms with Crippen LogP contribution < -0.4 is 5.32 Å². The van der Waals surface area contributed by atoms with Crippen molar-refractivity contribution in [1.82, 2.24) is 15.1 Å². The average molecular weight is 281 g/mol. The van der Waals surface area contributed by atoms with Crippen molar-refractivity contribution in [1.29, 1.82) is 0 Å². The molecule has 0 aliphatic carbocycles. The minimum Gasteiger partial charge on any atom is -0.381 e. The summed E-state index contributed by atoms with van der Waals surface area (Å²) in [6, 6.07) is 0. The molecule has 1 spiro atoms. The van der Waals surface area contributed by atoms with Gasteiger partial charge in [0.25, 0.3) is 0 Å². The number of hydrogen-bond donors (Lipinski definition) is 1. The van der Waals surface area contributed by atoms with Gasteiger partial charge in [0.1, 0.15) is 0 Å². The topological polar surface area (TPSA) is 27.7 Å². The van der Waals surface area contributed by atoms with Gasteiger partial charge in [-0.25, -0.2) is 0 Å². The lowest BCUT2D eigenvalue weighted by Crippen LogP contribution is -2.57. The molecule has 0 aromatic rings. The molecule has 20 heavy (non-hydrogen) atoms. The highest BCUT2D eigenvalue weighted by atomic mass is 16.5. The highest BCUT2D eigenvalue weighted by Crippen LogP contribution is 2.29. The van der Waals surface area contributed by atoms with E-state index in [2.05, 4.69) is 22.2 Å². The number of nitrogens with zero attached hydrogens (tertiary/aromatic N) is 2. The molecule has 0 bridgehead atoms. The van der Waals surface area contributed by atoms with E-state index in [1.54, 1.807) is 0 Å². The Kier molecular flexibility index (Phi) is 4.97. The van der Waals surface area contributed by atoms with Crippen LogP contribution in [-0.2, 0) is 4.74 Å². The van der Waals surface area contributed by atoms with Crippen molar-refractivity contribution in [3.8, 4) is 0 Å². The van der Waals surface area contributed by atoms with Crippen LogP contribution in [0.15, 0.2) is 0 Å². The third kappa shape index (κ3) is 3.35. The first-order valence-corrected chi connectivity index (χ1v) is 8.51. The van der Waals surface area contributed by atoms with Gasteiger partial charge in [-0.05, 0) is 71.2 Å². The molecule has 0 radical (unpaired) electrons. The molecule has 0 saturated carbocycles. The molecule has 1 N–H and O–H groups in total. The molecule has 0 aromatic heterocycles. The highest BCUT2D eigenvalue weighted by molar-refractivity contribution is 4.97. The smallest absolute Gasteiger partial charge is 0.0506 e. The zero-order valence-electron chi connectivity index (χ0n) is 13.1. The van der Waals surface area contributed by atoms with Gasteiger partial charge in [-0.15, -0.1) is 0 Å². The molecular formula is C16H31N3O. The molecule has 3 aliphatic rings. The van der Waals surface area contributed by atoms with E-state index in [4.69, 9.17) is 4.74 Å². The van der Waals surface area contributed by atoms with Crippen molar-refractivity contribution in [2.45, 2.75) is 37.6 Å². The standard InChI is InChI=1S/C16H31N3O/c1-18-9-3-10-19(12-15-4-2-11-20-13-15)14-16(18)5-7-17-8-6-16/h15,17H,2-14H2,1H3/t15-/m0/s1. The maximum absolute atomic E-state index is 5.67. The van der Waals surface area contributed by atoms with E-state index in [0.717, 1.165) is 19.1 Å². The molecule has 4 heteroatoms. The second kappa shape index (κ2) is 6.73. The molecule has 0 unspecified atom stereocenters. The van der Waals surface area contributed by atoms with Crippen molar-refractivity contribution in [2.24, 2.45) is 5.92 Å². The van der Waals surface area contributed by atoms with Crippen LogP contribution in [0.25, 0.3) is 0 Å². The summed E-state index contributed by atoms with van der Waals surface area (Å²) < 4.78 is 5.67. The third-order valence-electron chi connectivity index (χ3n) is 5.60. The Bertz CT molecular complexity index is 298. The first-order valence-electron chi connectivity index (χ1n) is 8.51. The maximum atomic E-state index is 5.67. The van der Waals surface area contributed by atoms with E-state index in [1.807, 2.05) is 0 Å². The minimum atomic E-state index is 0.428. The Hall–Kier alpha value is -0.160. The fourth-order valence-electron chi connectivity index (χ4n) is 4.29. The molecule has 3 saturated heterocycles. The Labute approximate surface area is 123 Å².